The highest BCUT2D eigenvalue weighted by molar-refractivity contribution is 6.70. The lowest BCUT2D eigenvalue weighted by molar-refractivity contribution is -0.142. The molecule has 4 nitrogen and oxygen atoms in total. The van der Waals surface area contributed by atoms with Crippen LogP contribution in [0.1, 0.15) is 20.8 Å². The van der Waals surface area contributed by atoms with E-state index in [1.165, 1.54) is 0 Å². The number of carbonyl (C=O) groups is 1. The van der Waals surface area contributed by atoms with Gasteiger partial charge in [0.2, 0.25) is 16.6 Å². The molecule has 0 aliphatic heterocycles. The van der Waals surface area contributed by atoms with Crippen molar-refractivity contribution in [2.75, 3.05) is 0 Å². The second kappa shape index (κ2) is 7.31. The molecular formula is C15H30O4Si2. The quantitative estimate of drug-likeness (QED) is 0.228. The average Bonchev–Trinajstić information content (AvgIpc) is 2.08. The van der Waals surface area contributed by atoms with Gasteiger partial charge in [0.05, 0.1) is 11.9 Å². The molecule has 0 aliphatic carbocycles. The molecular weight excluding hydrogens is 300 g/mol. The van der Waals surface area contributed by atoms with Crippen molar-refractivity contribution < 1.29 is 18.4 Å². The Morgan fingerprint density at radius 3 is 1.71 bits per heavy atom. The molecule has 0 fully saturated rings. The first-order valence-corrected chi connectivity index (χ1v) is 14.0. The second-order valence-corrected chi connectivity index (χ2v) is 16.1. The molecule has 6 heteroatoms. The van der Waals surface area contributed by atoms with Crippen molar-refractivity contribution in [3.63, 3.8) is 0 Å². The first kappa shape index (κ1) is 20.0. The van der Waals surface area contributed by atoms with Crippen molar-refractivity contribution >= 4 is 22.6 Å². The zero-order valence-electron chi connectivity index (χ0n) is 14.9. The monoisotopic (exact) mass is 330 g/mol. The van der Waals surface area contributed by atoms with Gasteiger partial charge in [-0.05, 0) is 60.1 Å². The third kappa shape index (κ3) is 8.77. The van der Waals surface area contributed by atoms with Crippen LogP contribution in [0.5, 0.6) is 0 Å². The molecule has 0 saturated carbocycles. The largest absolute Gasteiger partial charge is 0.547 e. The van der Waals surface area contributed by atoms with Crippen molar-refractivity contribution in [1.82, 2.24) is 0 Å². The van der Waals surface area contributed by atoms with Crippen molar-refractivity contribution in [1.29, 1.82) is 0 Å². The maximum absolute atomic E-state index is 12.3. The SMILES string of the molecule is C=C(O[Si](C)(C)C)/C(C(=O)OC(C)C)=C(\C)O[Si](C)(C)C. The summed E-state index contributed by atoms with van der Waals surface area (Å²) in [7, 11) is -3.68. The Labute approximate surface area is 131 Å². The number of hydrogen-bond donors (Lipinski definition) is 0. The minimum absolute atomic E-state index is 0.202. The van der Waals surface area contributed by atoms with Gasteiger partial charge in [-0.25, -0.2) is 4.79 Å². The van der Waals surface area contributed by atoms with Crippen molar-refractivity contribution in [3.8, 4) is 0 Å². The van der Waals surface area contributed by atoms with Crippen LogP contribution in [0.2, 0.25) is 39.3 Å². The molecule has 0 heterocycles. The molecule has 122 valence electrons. The van der Waals surface area contributed by atoms with Gasteiger partial charge in [0.1, 0.15) is 11.3 Å². The van der Waals surface area contributed by atoms with Crippen LogP contribution in [0, 0.1) is 0 Å². The van der Waals surface area contributed by atoms with Crippen LogP contribution in [0.4, 0.5) is 0 Å². The summed E-state index contributed by atoms with van der Waals surface area (Å²) in [6, 6.07) is 0. The zero-order valence-corrected chi connectivity index (χ0v) is 16.9. The van der Waals surface area contributed by atoms with Crippen molar-refractivity contribution in [3.05, 3.63) is 23.7 Å². The molecule has 0 aromatic carbocycles. The Bertz CT molecular complexity index is 426. The van der Waals surface area contributed by atoms with Gasteiger partial charge in [0.15, 0.2) is 0 Å². The van der Waals surface area contributed by atoms with E-state index in [4.69, 9.17) is 13.6 Å². The third-order valence-corrected chi connectivity index (χ3v) is 3.84. The first-order chi connectivity index (χ1) is 9.23. The number of esters is 1. The lowest BCUT2D eigenvalue weighted by Crippen LogP contribution is -2.29. The van der Waals surface area contributed by atoms with E-state index in [2.05, 4.69) is 26.2 Å². The molecule has 0 spiro atoms. The van der Waals surface area contributed by atoms with Gasteiger partial charge in [-0.2, -0.15) is 0 Å². The summed E-state index contributed by atoms with van der Waals surface area (Å²) >= 11 is 0. The topological polar surface area (TPSA) is 44.8 Å². The summed E-state index contributed by atoms with van der Waals surface area (Å²) < 4.78 is 17.1. The van der Waals surface area contributed by atoms with E-state index in [0.29, 0.717) is 17.1 Å². The molecule has 0 N–H and O–H groups in total. The highest BCUT2D eigenvalue weighted by Crippen LogP contribution is 2.24. The van der Waals surface area contributed by atoms with Crippen LogP contribution in [-0.2, 0) is 18.4 Å². The van der Waals surface area contributed by atoms with Crippen molar-refractivity contribution in [2.24, 2.45) is 0 Å². The highest BCUT2D eigenvalue weighted by atomic mass is 28.4. The molecule has 0 bridgehead atoms. The molecule has 0 rings (SSSR count). The summed E-state index contributed by atoms with van der Waals surface area (Å²) in [5, 5.41) is 0. The van der Waals surface area contributed by atoms with Crippen LogP contribution >= 0.6 is 0 Å². The van der Waals surface area contributed by atoms with Crippen LogP contribution in [0.3, 0.4) is 0 Å². The van der Waals surface area contributed by atoms with E-state index in [0.717, 1.165) is 0 Å². The molecule has 0 saturated heterocycles. The molecule has 21 heavy (non-hydrogen) atoms. The fourth-order valence-corrected chi connectivity index (χ4v) is 3.52. The molecule has 0 unspecified atom stereocenters. The minimum atomic E-state index is -1.86. The van der Waals surface area contributed by atoms with Crippen LogP contribution in [0.25, 0.3) is 0 Å². The molecule has 0 atom stereocenters. The fourth-order valence-electron chi connectivity index (χ4n) is 1.66. The maximum Gasteiger partial charge on any atom is 0.345 e. The van der Waals surface area contributed by atoms with Crippen LogP contribution < -0.4 is 0 Å². The Morgan fingerprint density at radius 1 is 0.952 bits per heavy atom. The standard InChI is InChI=1S/C15H30O4Si2/c1-11(2)17-15(16)14(12(3)18-20(5,6)7)13(4)19-21(8,9)10/h11H,3H2,1-2,4-10H3/b14-13-. The molecule has 0 aromatic heterocycles. The Balaban J connectivity index is 5.52. The van der Waals surface area contributed by atoms with Gasteiger partial charge in [-0.15, -0.1) is 0 Å². The Kier molecular flexibility index (Phi) is 6.95. The predicted octanol–water partition coefficient (Wildman–Crippen LogP) is 4.43. The molecule has 0 radical (unpaired) electrons. The number of rotatable bonds is 7. The Hall–Kier alpha value is -1.02. The van der Waals surface area contributed by atoms with E-state index >= 15 is 0 Å². The van der Waals surface area contributed by atoms with Gasteiger partial charge in [-0.3, -0.25) is 0 Å². The summed E-state index contributed by atoms with van der Waals surface area (Å²) in [5.74, 6) is 0.433. The minimum Gasteiger partial charge on any atom is -0.547 e. The summed E-state index contributed by atoms with van der Waals surface area (Å²) in [6.45, 7) is 21.6. The molecule has 0 amide bonds. The second-order valence-electron chi connectivity index (χ2n) is 7.24. The third-order valence-electron chi connectivity index (χ3n) is 2.07. The van der Waals surface area contributed by atoms with Crippen LogP contribution in [0.15, 0.2) is 23.7 Å². The van der Waals surface area contributed by atoms with E-state index in [9.17, 15) is 4.79 Å². The maximum atomic E-state index is 12.3. The smallest absolute Gasteiger partial charge is 0.345 e. The fraction of sp³-hybridized carbons (Fsp3) is 0.667. The molecule has 0 aromatic rings. The normalized spacial score (nSPS) is 13.6. The van der Waals surface area contributed by atoms with E-state index in [-0.39, 0.29) is 6.10 Å². The van der Waals surface area contributed by atoms with E-state index < -0.39 is 22.6 Å². The number of allylic oxidation sites excluding steroid dienone is 1. The van der Waals surface area contributed by atoms with E-state index in [1.54, 1.807) is 6.92 Å². The van der Waals surface area contributed by atoms with Gasteiger partial charge >= 0.3 is 5.97 Å². The number of hydrogen-bond acceptors (Lipinski definition) is 4. The van der Waals surface area contributed by atoms with E-state index in [1.807, 2.05) is 33.5 Å². The summed E-state index contributed by atoms with van der Waals surface area (Å²) in [5.41, 5.74) is 0.313. The summed E-state index contributed by atoms with van der Waals surface area (Å²) in [4.78, 5) is 12.3. The van der Waals surface area contributed by atoms with Gasteiger partial charge in [0.25, 0.3) is 0 Å². The van der Waals surface area contributed by atoms with Gasteiger partial charge < -0.3 is 13.6 Å². The Morgan fingerprint density at radius 2 is 1.38 bits per heavy atom. The zero-order chi connectivity index (χ0) is 17.0. The lowest BCUT2D eigenvalue weighted by Gasteiger charge is -2.26. The molecule has 0 aliphatic rings. The average molecular weight is 331 g/mol. The number of ether oxygens (including phenoxy) is 1. The van der Waals surface area contributed by atoms with Crippen LogP contribution in [-0.4, -0.2) is 28.7 Å². The van der Waals surface area contributed by atoms with Crippen molar-refractivity contribution in [2.45, 2.75) is 66.2 Å². The number of carbonyl (C=O) groups excluding carboxylic acids is 1. The first-order valence-electron chi connectivity index (χ1n) is 7.22. The van der Waals surface area contributed by atoms with Gasteiger partial charge in [0, 0.05) is 0 Å². The highest BCUT2D eigenvalue weighted by Gasteiger charge is 2.28. The predicted molar refractivity (Wildman–Crippen MR) is 91.9 cm³/mol. The van der Waals surface area contributed by atoms with Gasteiger partial charge in [-0.1, -0.05) is 6.58 Å². The summed E-state index contributed by atoms with van der Waals surface area (Å²) in [6.07, 6.45) is -0.202. The lowest BCUT2D eigenvalue weighted by atomic mass is 10.2.